The average molecular weight is 303 g/mol. The van der Waals surface area contributed by atoms with Crippen molar-refractivity contribution in [3.05, 3.63) is 0 Å². The van der Waals surface area contributed by atoms with E-state index in [0.717, 1.165) is 5.75 Å². The molecule has 114 valence electrons. The second kappa shape index (κ2) is 8.11. The molecule has 7 nitrogen and oxygen atoms in total. The number of nitrogens with one attached hydrogen (secondary N) is 1. The highest BCUT2D eigenvalue weighted by Gasteiger charge is 2.33. The van der Waals surface area contributed by atoms with Gasteiger partial charge in [-0.2, -0.15) is 11.8 Å². The molecule has 0 unspecified atom stereocenters. The highest BCUT2D eigenvalue weighted by molar-refractivity contribution is 7.98. The van der Waals surface area contributed by atoms with Crippen LogP contribution < -0.4 is 11.1 Å². The van der Waals surface area contributed by atoms with E-state index in [1.807, 2.05) is 6.26 Å². The van der Waals surface area contributed by atoms with Gasteiger partial charge in [0.25, 0.3) is 0 Å². The quantitative estimate of drug-likeness (QED) is 0.571. The minimum atomic E-state index is -1.00. The van der Waals surface area contributed by atoms with E-state index in [0.29, 0.717) is 25.8 Å². The van der Waals surface area contributed by atoms with E-state index in [1.54, 1.807) is 11.8 Å². The molecule has 0 aromatic carbocycles. The SMILES string of the molecule is CSCC[C@H](N)C(=O)NCC(=O)N1CCC[C@@H]1C(=O)O. The maximum atomic E-state index is 11.9. The topological polar surface area (TPSA) is 113 Å². The van der Waals surface area contributed by atoms with Gasteiger partial charge in [-0.1, -0.05) is 0 Å². The van der Waals surface area contributed by atoms with Gasteiger partial charge in [0.2, 0.25) is 11.8 Å². The monoisotopic (exact) mass is 303 g/mol. The lowest BCUT2D eigenvalue weighted by atomic mass is 10.2. The summed E-state index contributed by atoms with van der Waals surface area (Å²) in [6, 6.07) is -1.41. The summed E-state index contributed by atoms with van der Waals surface area (Å²) >= 11 is 1.60. The summed E-state index contributed by atoms with van der Waals surface area (Å²) in [5.74, 6) is -0.979. The summed E-state index contributed by atoms with van der Waals surface area (Å²) in [5.41, 5.74) is 5.67. The lowest BCUT2D eigenvalue weighted by Crippen LogP contribution is -2.48. The highest BCUT2D eigenvalue weighted by atomic mass is 32.2. The number of carboxylic acids is 1. The third-order valence-electron chi connectivity index (χ3n) is 3.24. The van der Waals surface area contributed by atoms with E-state index in [4.69, 9.17) is 10.8 Å². The summed E-state index contributed by atoms with van der Waals surface area (Å²) in [6.07, 6.45) is 3.60. The molecule has 0 bridgehead atoms. The van der Waals surface area contributed by atoms with Gasteiger partial charge >= 0.3 is 5.97 Å². The fourth-order valence-electron chi connectivity index (χ4n) is 2.09. The molecule has 4 N–H and O–H groups in total. The number of hydrogen-bond donors (Lipinski definition) is 3. The summed E-state index contributed by atoms with van der Waals surface area (Å²) in [5, 5.41) is 11.5. The Morgan fingerprint density at radius 1 is 1.50 bits per heavy atom. The number of aliphatic carboxylic acids is 1. The van der Waals surface area contributed by atoms with Crippen molar-refractivity contribution < 1.29 is 19.5 Å². The van der Waals surface area contributed by atoms with Crippen LogP contribution in [-0.2, 0) is 14.4 Å². The van der Waals surface area contributed by atoms with Crippen LogP contribution in [0.1, 0.15) is 19.3 Å². The summed E-state index contributed by atoms with van der Waals surface area (Å²) in [4.78, 5) is 35.8. The molecular formula is C12H21N3O4S. The summed E-state index contributed by atoms with van der Waals surface area (Å²) in [7, 11) is 0. The first-order valence-electron chi connectivity index (χ1n) is 6.52. The third-order valence-corrected chi connectivity index (χ3v) is 3.89. The van der Waals surface area contributed by atoms with Gasteiger partial charge in [-0.25, -0.2) is 4.79 Å². The zero-order chi connectivity index (χ0) is 15.1. The molecule has 0 saturated carbocycles. The maximum Gasteiger partial charge on any atom is 0.326 e. The molecule has 1 saturated heterocycles. The van der Waals surface area contributed by atoms with Crippen LogP contribution in [-0.4, -0.2) is 65.0 Å². The molecule has 0 aliphatic carbocycles. The largest absolute Gasteiger partial charge is 0.480 e. The number of hydrogen-bond acceptors (Lipinski definition) is 5. The Bertz CT molecular complexity index is 378. The molecule has 0 aromatic heterocycles. The predicted octanol–water partition coefficient (Wildman–Crippen LogP) is -0.741. The van der Waals surface area contributed by atoms with E-state index in [-0.39, 0.29) is 18.4 Å². The number of amides is 2. The molecule has 1 aliphatic heterocycles. The standard InChI is InChI=1S/C12H21N3O4S/c1-20-6-4-8(13)11(17)14-7-10(16)15-5-2-3-9(15)12(18)19/h8-9H,2-7,13H2,1H3,(H,14,17)(H,18,19)/t8-,9+/m0/s1. The maximum absolute atomic E-state index is 11.9. The molecular weight excluding hydrogens is 282 g/mol. The Hall–Kier alpha value is -1.28. The normalized spacial score (nSPS) is 19.7. The van der Waals surface area contributed by atoms with E-state index in [9.17, 15) is 14.4 Å². The second-order valence-electron chi connectivity index (χ2n) is 4.69. The number of likely N-dealkylation sites (tertiary alicyclic amines) is 1. The Balaban J connectivity index is 2.39. The number of thioether (sulfide) groups is 1. The van der Waals surface area contributed by atoms with Crippen LogP contribution in [0.2, 0.25) is 0 Å². The fraction of sp³-hybridized carbons (Fsp3) is 0.750. The van der Waals surface area contributed by atoms with E-state index >= 15 is 0 Å². The fourth-order valence-corrected chi connectivity index (χ4v) is 2.58. The second-order valence-corrected chi connectivity index (χ2v) is 5.67. The van der Waals surface area contributed by atoms with E-state index < -0.39 is 18.1 Å². The van der Waals surface area contributed by atoms with E-state index in [1.165, 1.54) is 4.90 Å². The highest BCUT2D eigenvalue weighted by Crippen LogP contribution is 2.17. The Labute approximate surface area is 122 Å². The van der Waals surface area contributed by atoms with Crippen molar-refractivity contribution in [3.8, 4) is 0 Å². The van der Waals surface area contributed by atoms with Crippen molar-refractivity contribution in [2.45, 2.75) is 31.3 Å². The molecule has 0 radical (unpaired) electrons. The van der Waals surface area contributed by atoms with Crippen molar-refractivity contribution >= 4 is 29.5 Å². The zero-order valence-corrected chi connectivity index (χ0v) is 12.3. The zero-order valence-electron chi connectivity index (χ0n) is 11.5. The molecule has 0 aromatic rings. The van der Waals surface area contributed by atoms with Gasteiger partial charge in [0.1, 0.15) is 6.04 Å². The van der Waals surface area contributed by atoms with Crippen molar-refractivity contribution in [2.24, 2.45) is 5.73 Å². The number of carboxylic acid groups (broad SMARTS) is 1. The lowest BCUT2D eigenvalue weighted by Gasteiger charge is -2.22. The van der Waals surface area contributed by atoms with Gasteiger partial charge in [0.15, 0.2) is 0 Å². The molecule has 1 rings (SSSR count). The van der Waals surface area contributed by atoms with Gasteiger partial charge in [0, 0.05) is 6.54 Å². The number of nitrogens with two attached hydrogens (primary N) is 1. The van der Waals surface area contributed by atoms with Crippen LogP contribution in [0.3, 0.4) is 0 Å². The number of rotatable bonds is 7. The molecule has 0 spiro atoms. The van der Waals surface area contributed by atoms with Crippen molar-refractivity contribution in [2.75, 3.05) is 25.1 Å². The van der Waals surface area contributed by atoms with Gasteiger partial charge in [-0.3, -0.25) is 9.59 Å². The predicted molar refractivity (Wildman–Crippen MR) is 76.4 cm³/mol. The Kier molecular flexibility index (Phi) is 6.80. The summed E-state index contributed by atoms with van der Waals surface area (Å²) in [6.45, 7) is 0.222. The average Bonchev–Trinajstić information content (AvgIpc) is 2.91. The van der Waals surface area contributed by atoms with Crippen molar-refractivity contribution in [1.82, 2.24) is 10.2 Å². The summed E-state index contributed by atoms with van der Waals surface area (Å²) < 4.78 is 0. The molecule has 20 heavy (non-hydrogen) atoms. The Morgan fingerprint density at radius 3 is 2.80 bits per heavy atom. The van der Waals surface area contributed by atoms with Gasteiger partial charge in [-0.15, -0.1) is 0 Å². The molecule has 8 heteroatoms. The first-order chi connectivity index (χ1) is 9.47. The van der Waals surface area contributed by atoms with Crippen LogP contribution in [0.25, 0.3) is 0 Å². The third kappa shape index (κ3) is 4.68. The number of nitrogens with zero attached hydrogens (tertiary/aromatic N) is 1. The smallest absolute Gasteiger partial charge is 0.326 e. The first-order valence-corrected chi connectivity index (χ1v) is 7.91. The minimum absolute atomic E-state index is 0.199. The lowest BCUT2D eigenvalue weighted by molar-refractivity contribution is -0.148. The van der Waals surface area contributed by atoms with Crippen molar-refractivity contribution in [1.29, 1.82) is 0 Å². The number of carbonyl (C=O) groups is 3. The van der Waals surface area contributed by atoms with Crippen molar-refractivity contribution in [3.63, 3.8) is 0 Å². The van der Waals surface area contributed by atoms with Crippen LogP contribution in [0, 0.1) is 0 Å². The van der Waals surface area contributed by atoms with E-state index in [2.05, 4.69) is 5.32 Å². The van der Waals surface area contributed by atoms with Gasteiger partial charge in [-0.05, 0) is 31.3 Å². The molecule has 1 fully saturated rings. The van der Waals surface area contributed by atoms with Crippen LogP contribution >= 0.6 is 11.8 Å². The van der Waals surface area contributed by atoms with Gasteiger partial charge in [0.05, 0.1) is 12.6 Å². The minimum Gasteiger partial charge on any atom is -0.480 e. The number of carbonyl (C=O) groups excluding carboxylic acids is 2. The Morgan fingerprint density at radius 2 is 2.20 bits per heavy atom. The molecule has 2 atom stereocenters. The molecule has 1 aliphatic rings. The van der Waals surface area contributed by atoms with Crippen LogP contribution in [0.4, 0.5) is 0 Å². The first kappa shape index (κ1) is 16.8. The van der Waals surface area contributed by atoms with Gasteiger partial charge < -0.3 is 21.1 Å². The molecule has 2 amide bonds. The molecule has 1 heterocycles. The van der Waals surface area contributed by atoms with Crippen LogP contribution in [0.5, 0.6) is 0 Å². The van der Waals surface area contributed by atoms with Crippen LogP contribution in [0.15, 0.2) is 0 Å².